The number of primary amides is 1. The fourth-order valence-corrected chi connectivity index (χ4v) is 1.70. The summed E-state index contributed by atoms with van der Waals surface area (Å²) in [5, 5.41) is 2.36. The third-order valence-corrected chi connectivity index (χ3v) is 3.24. The molecule has 0 heterocycles. The van der Waals surface area contributed by atoms with Crippen molar-refractivity contribution in [2.75, 3.05) is 0 Å². The van der Waals surface area contributed by atoms with E-state index in [1.54, 1.807) is 12.1 Å². The fraction of sp³-hybridized carbons (Fsp3) is 0.400. The van der Waals surface area contributed by atoms with Crippen LogP contribution in [0.2, 0.25) is 0 Å². The van der Waals surface area contributed by atoms with Crippen LogP contribution in [-0.4, -0.2) is 29.6 Å². The molecule has 1 rings (SSSR count). The summed E-state index contributed by atoms with van der Waals surface area (Å²) >= 11 is 0. The van der Waals surface area contributed by atoms with Gasteiger partial charge >= 0.3 is 12.1 Å². The normalized spacial score (nSPS) is 14.3. The zero-order valence-electron chi connectivity index (χ0n) is 12.8. The van der Waals surface area contributed by atoms with Crippen LogP contribution in [0.4, 0.5) is 4.79 Å². The van der Waals surface area contributed by atoms with E-state index < -0.39 is 29.6 Å². The Kier molecular flexibility index (Phi) is 5.91. The minimum atomic E-state index is -1.57. The number of hydrogen-bond acceptors (Lipinski definition) is 5. The molecule has 1 aromatic carbocycles. The van der Waals surface area contributed by atoms with E-state index in [0.717, 1.165) is 5.56 Å². The molecule has 0 radical (unpaired) electrons. The van der Waals surface area contributed by atoms with Crippen molar-refractivity contribution >= 4 is 18.0 Å². The van der Waals surface area contributed by atoms with Gasteiger partial charge in [-0.2, -0.15) is 0 Å². The first-order valence-corrected chi connectivity index (χ1v) is 6.71. The van der Waals surface area contributed by atoms with Gasteiger partial charge in [0, 0.05) is 6.92 Å². The molecular weight excluding hydrogens is 288 g/mol. The van der Waals surface area contributed by atoms with Crippen molar-refractivity contribution in [1.82, 2.24) is 5.32 Å². The number of benzene rings is 1. The maximum absolute atomic E-state index is 11.8. The molecular formula is C15H20N2O5. The zero-order chi connectivity index (χ0) is 16.8. The number of alkyl carbamates (subject to hydrolysis) is 1. The van der Waals surface area contributed by atoms with Gasteiger partial charge in [-0.05, 0) is 19.4 Å². The van der Waals surface area contributed by atoms with Gasteiger partial charge in [0.1, 0.15) is 12.7 Å². The minimum Gasteiger partial charge on any atom is -0.460 e. The maximum Gasteiger partial charge on any atom is 0.408 e. The monoisotopic (exact) mass is 308 g/mol. The van der Waals surface area contributed by atoms with Gasteiger partial charge in [0.2, 0.25) is 5.91 Å². The molecule has 0 aromatic heterocycles. The Morgan fingerprint density at radius 2 is 1.86 bits per heavy atom. The van der Waals surface area contributed by atoms with Crippen molar-refractivity contribution in [2.24, 2.45) is 5.73 Å². The van der Waals surface area contributed by atoms with Gasteiger partial charge in [0.15, 0.2) is 5.54 Å². The highest BCUT2D eigenvalue weighted by Gasteiger charge is 2.41. The molecule has 1 aromatic rings. The molecule has 0 aliphatic rings. The van der Waals surface area contributed by atoms with Gasteiger partial charge in [0.05, 0.1) is 0 Å². The first kappa shape index (κ1) is 17.5. The Balaban J connectivity index is 2.68. The second-order valence-corrected chi connectivity index (χ2v) is 5.00. The summed E-state index contributed by atoms with van der Waals surface area (Å²) in [7, 11) is 0. The van der Waals surface area contributed by atoms with Gasteiger partial charge in [-0.15, -0.1) is 0 Å². The molecule has 2 amide bonds. The van der Waals surface area contributed by atoms with Crippen LogP contribution >= 0.6 is 0 Å². The van der Waals surface area contributed by atoms with E-state index in [1.165, 1.54) is 20.8 Å². The second-order valence-electron chi connectivity index (χ2n) is 5.00. The number of rotatable bonds is 6. The summed E-state index contributed by atoms with van der Waals surface area (Å²) in [5.41, 5.74) is 4.53. The summed E-state index contributed by atoms with van der Waals surface area (Å²) in [4.78, 5) is 34.5. The summed E-state index contributed by atoms with van der Waals surface area (Å²) in [6.45, 7) is 4.07. The van der Waals surface area contributed by atoms with Gasteiger partial charge in [0.25, 0.3) is 0 Å². The molecule has 7 nitrogen and oxygen atoms in total. The van der Waals surface area contributed by atoms with Gasteiger partial charge in [-0.3, -0.25) is 9.59 Å². The van der Waals surface area contributed by atoms with E-state index in [4.69, 9.17) is 15.2 Å². The highest BCUT2D eigenvalue weighted by atomic mass is 16.6. The Bertz CT molecular complexity index is 546. The third kappa shape index (κ3) is 4.76. The van der Waals surface area contributed by atoms with E-state index in [2.05, 4.69) is 5.32 Å². The van der Waals surface area contributed by atoms with Crippen LogP contribution in [0.3, 0.4) is 0 Å². The van der Waals surface area contributed by atoms with E-state index >= 15 is 0 Å². The second kappa shape index (κ2) is 7.44. The molecule has 120 valence electrons. The highest BCUT2D eigenvalue weighted by molar-refractivity contribution is 5.89. The standard InChI is InChI=1S/C15H20N2O5/c1-10(22-11(2)18)15(3,13(16)19)17-14(20)21-9-12-7-5-4-6-8-12/h4-8,10H,9H2,1-3H3,(H2,16,19)(H,17,20)/t10-,15-/m1/s1. The summed E-state index contributed by atoms with van der Waals surface area (Å²) in [6, 6.07) is 9.05. The highest BCUT2D eigenvalue weighted by Crippen LogP contribution is 2.14. The smallest absolute Gasteiger partial charge is 0.408 e. The third-order valence-electron chi connectivity index (χ3n) is 3.24. The molecule has 0 aliphatic heterocycles. The first-order valence-electron chi connectivity index (χ1n) is 6.71. The lowest BCUT2D eigenvalue weighted by atomic mass is 9.95. The number of amides is 2. The number of hydrogen-bond donors (Lipinski definition) is 2. The Morgan fingerprint density at radius 1 is 1.27 bits per heavy atom. The number of nitrogens with one attached hydrogen (secondary N) is 1. The summed E-state index contributed by atoms with van der Waals surface area (Å²) in [5.74, 6) is -1.42. The molecule has 22 heavy (non-hydrogen) atoms. The van der Waals surface area contributed by atoms with Gasteiger partial charge < -0.3 is 20.5 Å². The lowest BCUT2D eigenvalue weighted by Crippen LogP contribution is -2.62. The van der Waals surface area contributed by atoms with Crippen molar-refractivity contribution in [2.45, 2.75) is 39.0 Å². The largest absolute Gasteiger partial charge is 0.460 e. The van der Waals surface area contributed by atoms with Gasteiger partial charge in [-0.1, -0.05) is 30.3 Å². The lowest BCUT2D eigenvalue weighted by Gasteiger charge is -2.32. The Hall–Kier alpha value is -2.57. The van der Waals surface area contributed by atoms with Crippen LogP contribution in [0.5, 0.6) is 0 Å². The average Bonchev–Trinajstić information content (AvgIpc) is 2.45. The van der Waals surface area contributed by atoms with Crippen LogP contribution in [0, 0.1) is 0 Å². The predicted octanol–water partition coefficient (Wildman–Crippen LogP) is 1.11. The predicted molar refractivity (Wildman–Crippen MR) is 78.6 cm³/mol. The minimum absolute atomic E-state index is 0.0451. The molecule has 0 aliphatic carbocycles. The van der Waals surface area contributed by atoms with E-state index in [9.17, 15) is 14.4 Å². The number of ether oxygens (including phenoxy) is 2. The molecule has 0 unspecified atom stereocenters. The molecule has 2 atom stereocenters. The van der Waals surface area contributed by atoms with Gasteiger partial charge in [-0.25, -0.2) is 4.79 Å². The van der Waals surface area contributed by atoms with Crippen molar-refractivity contribution < 1.29 is 23.9 Å². The van der Waals surface area contributed by atoms with Crippen LogP contribution in [0.25, 0.3) is 0 Å². The molecule has 0 fully saturated rings. The van der Waals surface area contributed by atoms with Crippen molar-refractivity contribution in [1.29, 1.82) is 0 Å². The number of esters is 1. The van der Waals surface area contributed by atoms with Crippen molar-refractivity contribution in [3.05, 3.63) is 35.9 Å². The van der Waals surface area contributed by atoms with Crippen LogP contribution in [0.1, 0.15) is 26.3 Å². The Morgan fingerprint density at radius 3 is 2.36 bits per heavy atom. The van der Waals surface area contributed by atoms with E-state index in [0.29, 0.717) is 0 Å². The zero-order valence-corrected chi connectivity index (χ0v) is 12.8. The molecule has 0 spiro atoms. The molecule has 0 saturated carbocycles. The Labute approximate surface area is 128 Å². The SMILES string of the molecule is CC(=O)O[C@H](C)[C@@](C)(NC(=O)OCc1ccccc1)C(N)=O. The fourth-order valence-electron chi connectivity index (χ4n) is 1.70. The van der Waals surface area contributed by atoms with Crippen LogP contribution in [-0.2, 0) is 25.7 Å². The van der Waals surface area contributed by atoms with Crippen molar-refractivity contribution in [3.8, 4) is 0 Å². The number of nitrogens with two attached hydrogens (primary N) is 1. The summed E-state index contributed by atoms with van der Waals surface area (Å²) in [6.07, 6.45) is -1.77. The first-order chi connectivity index (χ1) is 10.3. The van der Waals surface area contributed by atoms with E-state index in [-0.39, 0.29) is 6.61 Å². The molecule has 3 N–H and O–H groups in total. The molecule has 0 saturated heterocycles. The quantitative estimate of drug-likeness (QED) is 0.765. The summed E-state index contributed by atoms with van der Waals surface area (Å²) < 4.78 is 9.96. The maximum atomic E-state index is 11.8. The average molecular weight is 308 g/mol. The van der Waals surface area contributed by atoms with Crippen LogP contribution < -0.4 is 11.1 Å². The molecule has 7 heteroatoms. The van der Waals surface area contributed by atoms with Crippen LogP contribution in [0.15, 0.2) is 30.3 Å². The topological polar surface area (TPSA) is 108 Å². The van der Waals surface area contributed by atoms with E-state index in [1.807, 2.05) is 18.2 Å². The van der Waals surface area contributed by atoms with Crippen molar-refractivity contribution in [3.63, 3.8) is 0 Å². The lowest BCUT2D eigenvalue weighted by molar-refractivity contribution is -0.151. The number of carbonyl (C=O) groups is 3. The molecule has 0 bridgehead atoms. The number of carbonyl (C=O) groups excluding carboxylic acids is 3.